The number of ether oxygens (including phenoxy) is 2. The quantitative estimate of drug-likeness (QED) is 0.346. The molecule has 3 aromatic heterocycles. The SMILES string of the molecule is CCOc1c(C(=O)Nc2cnoc2)nc(-c2nc3ccc(C(=O)OC(C)(C)C)cc3n2C2CCC2)n(C)c1=O. The van der Waals surface area contributed by atoms with Crippen LogP contribution in [0.4, 0.5) is 5.69 Å². The normalized spacial score (nSPS) is 13.8. The molecule has 1 aliphatic carbocycles. The molecule has 1 aliphatic rings. The zero-order valence-electron chi connectivity index (χ0n) is 22.5. The summed E-state index contributed by atoms with van der Waals surface area (Å²) in [7, 11) is 1.56. The van der Waals surface area contributed by atoms with Crippen molar-refractivity contribution >= 4 is 28.6 Å². The smallest absolute Gasteiger partial charge is 0.338 e. The minimum atomic E-state index is -0.654. The molecule has 204 valence electrons. The molecule has 1 amide bonds. The van der Waals surface area contributed by atoms with E-state index >= 15 is 0 Å². The van der Waals surface area contributed by atoms with Crippen LogP contribution in [0.3, 0.4) is 0 Å². The summed E-state index contributed by atoms with van der Waals surface area (Å²) >= 11 is 0. The van der Waals surface area contributed by atoms with E-state index in [-0.39, 0.29) is 29.9 Å². The van der Waals surface area contributed by atoms with E-state index in [0.717, 1.165) is 24.8 Å². The molecule has 0 aliphatic heterocycles. The highest BCUT2D eigenvalue weighted by molar-refractivity contribution is 6.04. The Balaban J connectivity index is 1.67. The Hall–Kier alpha value is -4.48. The number of nitrogens with one attached hydrogen (secondary N) is 1. The van der Waals surface area contributed by atoms with Crippen LogP contribution in [0.25, 0.3) is 22.7 Å². The maximum absolute atomic E-state index is 13.4. The van der Waals surface area contributed by atoms with E-state index in [4.69, 9.17) is 19.0 Å². The first-order chi connectivity index (χ1) is 18.6. The third-order valence-corrected chi connectivity index (χ3v) is 6.41. The van der Waals surface area contributed by atoms with E-state index in [2.05, 4.69) is 15.5 Å². The number of fused-ring (bicyclic) bond motifs is 1. The summed E-state index contributed by atoms with van der Waals surface area (Å²) in [5, 5.41) is 6.20. The van der Waals surface area contributed by atoms with Gasteiger partial charge in [-0.2, -0.15) is 0 Å². The van der Waals surface area contributed by atoms with Gasteiger partial charge in [0.15, 0.2) is 17.3 Å². The summed E-state index contributed by atoms with van der Waals surface area (Å²) in [6, 6.07) is 5.27. The topological polar surface area (TPSA) is 143 Å². The minimum Gasteiger partial charge on any atom is -0.486 e. The van der Waals surface area contributed by atoms with Crippen molar-refractivity contribution in [1.82, 2.24) is 24.3 Å². The van der Waals surface area contributed by atoms with Crippen molar-refractivity contribution in [2.75, 3.05) is 11.9 Å². The molecule has 0 atom stereocenters. The Kier molecular flexibility index (Phi) is 6.71. The Labute approximate surface area is 223 Å². The average molecular weight is 535 g/mol. The molecular weight excluding hydrogens is 504 g/mol. The molecule has 0 bridgehead atoms. The molecule has 39 heavy (non-hydrogen) atoms. The molecule has 12 heteroatoms. The number of aromatic nitrogens is 5. The predicted octanol–water partition coefficient (Wildman–Crippen LogP) is 4.12. The lowest BCUT2D eigenvalue weighted by Gasteiger charge is -2.29. The van der Waals surface area contributed by atoms with Gasteiger partial charge < -0.3 is 23.9 Å². The molecule has 1 aromatic carbocycles. The van der Waals surface area contributed by atoms with Gasteiger partial charge in [-0.25, -0.2) is 14.8 Å². The van der Waals surface area contributed by atoms with E-state index in [1.165, 1.54) is 17.0 Å². The lowest BCUT2D eigenvalue weighted by Crippen LogP contribution is -2.29. The van der Waals surface area contributed by atoms with E-state index < -0.39 is 23.0 Å². The number of esters is 1. The highest BCUT2D eigenvalue weighted by Crippen LogP contribution is 2.38. The van der Waals surface area contributed by atoms with Crippen molar-refractivity contribution in [3.63, 3.8) is 0 Å². The fraction of sp³-hybridized carbons (Fsp3) is 0.407. The van der Waals surface area contributed by atoms with Gasteiger partial charge >= 0.3 is 5.97 Å². The van der Waals surface area contributed by atoms with Gasteiger partial charge in [-0.3, -0.25) is 14.2 Å². The second kappa shape index (κ2) is 10.0. The lowest BCUT2D eigenvalue weighted by molar-refractivity contribution is 0.00695. The van der Waals surface area contributed by atoms with E-state index in [1.807, 2.05) is 25.3 Å². The molecule has 1 fully saturated rings. The van der Waals surface area contributed by atoms with Gasteiger partial charge in [0.05, 0.1) is 29.4 Å². The van der Waals surface area contributed by atoms with Crippen molar-refractivity contribution in [2.45, 2.75) is 58.6 Å². The molecule has 0 spiro atoms. The number of hydrogen-bond donors (Lipinski definition) is 1. The van der Waals surface area contributed by atoms with E-state index in [9.17, 15) is 14.4 Å². The largest absolute Gasteiger partial charge is 0.486 e. The van der Waals surface area contributed by atoms with Gasteiger partial charge in [-0.05, 0) is 65.2 Å². The molecule has 3 heterocycles. The predicted molar refractivity (Wildman–Crippen MR) is 142 cm³/mol. The lowest BCUT2D eigenvalue weighted by atomic mass is 9.92. The zero-order chi connectivity index (χ0) is 27.9. The molecule has 1 saturated carbocycles. The summed E-state index contributed by atoms with van der Waals surface area (Å²) in [4.78, 5) is 48.8. The number of carbonyl (C=O) groups is 2. The Bertz CT molecular complexity index is 1610. The highest BCUT2D eigenvalue weighted by Gasteiger charge is 2.30. The van der Waals surface area contributed by atoms with Crippen LogP contribution >= 0.6 is 0 Å². The number of nitrogens with zero attached hydrogens (tertiary/aromatic N) is 5. The van der Waals surface area contributed by atoms with Crippen LogP contribution in [0, 0.1) is 0 Å². The zero-order valence-corrected chi connectivity index (χ0v) is 22.5. The maximum Gasteiger partial charge on any atom is 0.338 e. The van der Waals surface area contributed by atoms with Crippen LogP contribution in [0.2, 0.25) is 0 Å². The third kappa shape index (κ3) is 5.01. The van der Waals surface area contributed by atoms with Crippen LogP contribution in [0.1, 0.15) is 73.8 Å². The standard InChI is InChI=1S/C27H30N6O6/c1-6-37-21-20(24(34)29-16-13-28-38-14-16)31-22(32(5)25(21)35)23-30-18-11-10-15(26(36)39-27(2,3)4)12-19(18)33(23)17-8-7-9-17/h10-14,17H,6-9H2,1-5H3,(H,29,34). The summed E-state index contributed by atoms with van der Waals surface area (Å²) in [6.07, 6.45) is 5.44. The molecule has 0 saturated heterocycles. The second-order valence-electron chi connectivity index (χ2n) is 10.4. The molecule has 4 aromatic rings. The molecule has 0 radical (unpaired) electrons. The molecule has 0 unspecified atom stereocenters. The highest BCUT2D eigenvalue weighted by atomic mass is 16.6. The maximum atomic E-state index is 13.4. The number of anilines is 1. The van der Waals surface area contributed by atoms with Crippen molar-refractivity contribution < 1.29 is 23.6 Å². The fourth-order valence-corrected chi connectivity index (χ4v) is 4.40. The van der Waals surface area contributed by atoms with Gasteiger partial charge in [0.2, 0.25) is 5.75 Å². The van der Waals surface area contributed by atoms with Gasteiger partial charge in [0.1, 0.15) is 17.6 Å². The van der Waals surface area contributed by atoms with Gasteiger partial charge in [0, 0.05) is 13.1 Å². The third-order valence-electron chi connectivity index (χ3n) is 6.41. The molecule has 5 rings (SSSR count). The van der Waals surface area contributed by atoms with Crippen molar-refractivity contribution in [3.8, 4) is 17.4 Å². The first-order valence-electron chi connectivity index (χ1n) is 12.8. The van der Waals surface area contributed by atoms with E-state index in [0.29, 0.717) is 22.6 Å². The first-order valence-corrected chi connectivity index (χ1v) is 12.8. The number of hydrogen-bond acceptors (Lipinski definition) is 9. The van der Waals surface area contributed by atoms with Crippen molar-refractivity contribution in [2.24, 2.45) is 7.05 Å². The van der Waals surface area contributed by atoms with Crippen LogP contribution < -0.4 is 15.6 Å². The number of carbonyl (C=O) groups excluding carboxylic acids is 2. The minimum absolute atomic E-state index is 0.0941. The number of imidazole rings is 1. The number of benzene rings is 1. The van der Waals surface area contributed by atoms with Crippen molar-refractivity contribution in [1.29, 1.82) is 0 Å². The van der Waals surface area contributed by atoms with Gasteiger partial charge in [-0.15, -0.1) is 0 Å². The summed E-state index contributed by atoms with van der Waals surface area (Å²) < 4.78 is 19.2. The summed E-state index contributed by atoms with van der Waals surface area (Å²) in [5.74, 6) is -0.652. The van der Waals surface area contributed by atoms with Crippen molar-refractivity contribution in [3.05, 3.63) is 52.3 Å². The summed E-state index contributed by atoms with van der Waals surface area (Å²) in [5.41, 5.74) is 0.699. The van der Waals surface area contributed by atoms with Crippen LogP contribution in [0.5, 0.6) is 5.75 Å². The molecule has 12 nitrogen and oxygen atoms in total. The second-order valence-corrected chi connectivity index (χ2v) is 10.4. The first kappa shape index (κ1) is 26.1. The Morgan fingerprint density at radius 3 is 2.56 bits per heavy atom. The Morgan fingerprint density at radius 2 is 1.95 bits per heavy atom. The number of rotatable bonds is 7. The fourth-order valence-electron chi connectivity index (χ4n) is 4.40. The van der Waals surface area contributed by atoms with Gasteiger partial charge in [0.25, 0.3) is 11.5 Å². The Morgan fingerprint density at radius 1 is 1.18 bits per heavy atom. The van der Waals surface area contributed by atoms with Crippen LogP contribution in [-0.2, 0) is 11.8 Å². The van der Waals surface area contributed by atoms with Crippen LogP contribution in [0.15, 0.2) is 40.0 Å². The molecule has 1 N–H and O–H groups in total. The van der Waals surface area contributed by atoms with Gasteiger partial charge in [-0.1, -0.05) is 5.16 Å². The summed E-state index contributed by atoms with van der Waals surface area (Å²) in [6.45, 7) is 7.32. The van der Waals surface area contributed by atoms with Crippen LogP contribution in [-0.4, -0.2) is 48.3 Å². The number of amides is 1. The average Bonchev–Trinajstić information content (AvgIpc) is 3.48. The molecular formula is C27H30N6O6. The van der Waals surface area contributed by atoms with E-state index in [1.54, 1.807) is 32.2 Å². The monoisotopic (exact) mass is 534 g/mol.